The number of allylic oxidation sites excluding steroid dienone is 2. The van der Waals surface area contributed by atoms with Crippen LogP contribution in [0.25, 0.3) is 0 Å². The molecule has 0 saturated heterocycles. The van der Waals surface area contributed by atoms with Crippen LogP contribution in [0, 0.1) is 18.8 Å². The molecule has 138 valence electrons. The van der Waals surface area contributed by atoms with Gasteiger partial charge in [-0.3, -0.25) is 0 Å². The molecule has 2 atom stereocenters. The predicted octanol–water partition coefficient (Wildman–Crippen LogP) is 5.99. The highest BCUT2D eigenvalue weighted by Crippen LogP contribution is 2.48. The van der Waals surface area contributed by atoms with Gasteiger partial charge in [0.15, 0.2) is 0 Å². The summed E-state index contributed by atoms with van der Waals surface area (Å²) in [6.45, 7) is 4.50. The van der Waals surface area contributed by atoms with Crippen molar-refractivity contribution in [2.75, 3.05) is 4.90 Å². The molecular formula is C24H32N2. The van der Waals surface area contributed by atoms with E-state index in [2.05, 4.69) is 60.1 Å². The van der Waals surface area contributed by atoms with E-state index in [1.807, 2.05) is 0 Å². The van der Waals surface area contributed by atoms with Gasteiger partial charge < -0.3 is 9.80 Å². The monoisotopic (exact) mass is 349 g/mol. The first kappa shape index (κ1) is 15.4. The molecule has 2 heteroatoms. The van der Waals surface area contributed by atoms with Gasteiger partial charge in [-0.15, -0.1) is 0 Å². The molecule has 0 spiro atoms. The highest BCUT2D eigenvalue weighted by molar-refractivity contribution is 5.62. The van der Waals surface area contributed by atoms with Crippen LogP contribution in [0.3, 0.4) is 0 Å². The van der Waals surface area contributed by atoms with Crippen LogP contribution in [0.15, 0.2) is 47.8 Å². The summed E-state index contributed by atoms with van der Waals surface area (Å²) in [5, 5.41) is 0. The standard InChI is InChI=1S/C24H32N2/c1-17-9-3-8-14-21(17)25-18(2)22-15-16-23(19-10-4-5-11-19)26(22)24(25)20-12-6-7-13-20/h3,8-9,14-16,19-20,23-24H,4-7,10-13H2,1-2H3/i23D. The summed E-state index contributed by atoms with van der Waals surface area (Å²) in [4.78, 5) is 5.11. The Morgan fingerprint density at radius 1 is 0.923 bits per heavy atom. The highest BCUT2D eigenvalue weighted by atomic mass is 15.4. The van der Waals surface area contributed by atoms with Crippen LogP contribution in [0.2, 0.25) is 0 Å². The minimum absolute atomic E-state index is 0.302. The quantitative estimate of drug-likeness (QED) is 0.661. The second kappa shape index (κ2) is 6.48. The molecule has 5 rings (SSSR count). The number of benzene rings is 1. The molecule has 2 unspecified atom stereocenters. The van der Waals surface area contributed by atoms with Gasteiger partial charge in [0.1, 0.15) is 6.17 Å². The number of nitrogens with zero attached hydrogens (tertiary/aromatic N) is 2. The van der Waals surface area contributed by atoms with Crippen molar-refractivity contribution < 1.29 is 1.37 Å². The lowest BCUT2D eigenvalue weighted by Crippen LogP contribution is -2.49. The average Bonchev–Trinajstić information content (AvgIpc) is 3.43. The fourth-order valence-electron chi connectivity index (χ4n) is 5.88. The second-order valence-electron chi connectivity index (χ2n) is 8.69. The molecule has 2 fully saturated rings. The molecule has 0 amide bonds. The van der Waals surface area contributed by atoms with Crippen molar-refractivity contribution in [2.45, 2.75) is 77.4 Å². The van der Waals surface area contributed by atoms with Gasteiger partial charge in [-0.1, -0.05) is 50.0 Å². The molecule has 1 aromatic rings. The van der Waals surface area contributed by atoms with Gasteiger partial charge in [-0.25, -0.2) is 0 Å². The Labute approximate surface area is 160 Å². The van der Waals surface area contributed by atoms with Crippen LogP contribution in [-0.4, -0.2) is 17.1 Å². The highest BCUT2D eigenvalue weighted by Gasteiger charge is 2.48. The number of rotatable bonds is 3. The van der Waals surface area contributed by atoms with Crippen LogP contribution < -0.4 is 4.90 Å². The molecule has 2 aliphatic heterocycles. The lowest BCUT2D eigenvalue weighted by atomic mass is 9.94. The van der Waals surface area contributed by atoms with Gasteiger partial charge in [0.2, 0.25) is 0 Å². The van der Waals surface area contributed by atoms with Crippen molar-refractivity contribution >= 4 is 5.69 Å². The van der Waals surface area contributed by atoms with E-state index < -0.39 is 6.02 Å². The number of hydrogen-bond donors (Lipinski definition) is 0. The molecular weight excluding hydrogens is 316 g/mol. The lowest BCUT2D eigenvalue weighted by molar-refractivity contribution is 0.153. The summed E-state index contributed by atoms with van der Waals surface area (Å²) in [6.07, 6.45) is 15.1. The molecule has 4 aliphatic rings. The lowest BCUT2D eigenvalue weighted by Gasteiger charge is -2.42. The first-order valence-electron chi connectivity index (χ1n) is 11.2. The number of para-hydroxylation sites is 1. The Hall–Kier alpha value is -1.70. The molecule has 1 aromatic carbocycles. The summed E-state index contributed by atoms with van der Waals surface area (Å²) < 4.78 is 9.57. The van der Waals surface area contributed by atoms with E-state index in [4.69, 9.17) is 0 Å². The Kier molecular flexibility index (Phi) is 3.83. The molecule has 0 N–H and O–H groups in total. The first-order chi connectivity index (χ1) is 13.1. The third-order valence-electron chi connectivity index (χ3n) is 7.18. The van der Waals surface area contributed by atoms with Crippen LogP contribution in [0.5, 0.6) is 0 Å². The number of aryl methyl sites for hydroxylation is 1. The summed E-state index contributed by atoms with van der Waals surface area (Å²) >= 11 is 0. The van der Waals surface area contributed by atoms with Crippen molar-refractivity contribution in [3.63, 3.8) is 0 Å². The molecule has 26 heavy (non-hydrogen) atoms. The first-order valence-corrected chi connectivity index (χ1v) is 10.7. The zero-order chi connectivity index (χ0) is 18.6. The summed E-state index contributed by atoms with van der Waals surface area (Å²) in [5.74, 6) is 1.13. The number of anilines is 1. The smallest absolute Gasteiger partial charge is 0.109 e. The summed E-state index contributed by atoms with van der Waals surface area (Å²) in [7, 11) is 0. The SMILES string of the molecule is [2H]C1(C2CCCC2)C=CC2=C(C)N(c3ccccc3C)C(C3CCCC3)N21. The van der Waals surface area contributed by atoms with E-state index in [0.717, 1.165) is 0 Å². The fourth-order valence-corrected chi connectivity index (χ4v) is 5.88. The van der Waals surface area contributed by atoms with Gasteiger partial charge in [0, 0.05) is 11.4 Å². The zero-order valence-electron chi connectivity index (χ0n) is 17.2. The maximum absolute atomic E-state index is 9.57. The van der Waals surface area contributed by atoms with Gasteiger partial charge in [0.05, 0.1) is 13.1 Å². The Bertz CT molecular complexity index is 785. The van der Waals surface area contributed by atoms with E-state index in [9.17, 15) is 1.37 Å². The molecule has 0 bridgehead atoms. The van der Waals surface area contributed by atoms with E-state index in [-0.39, 0.29) is 0 Å². The van der Waals surface area contributed by atoms with E-state index in [0.29, 0.717) is 18.0 Å². The Morgan fingerprint density at radius 3 is 2.27 bits per heavy atom. The third-order valence-corrected chi connectivity index (χ3v) is 7.18. The van der Waals surface area contributed by atoms with Gasteiger partial charge in [-0.05, 0) is 69.1 Å². The van der Waals surface area contributed by atoms with E-state index >= 15 is 0 Å². The molecule has 2 saturated carbocycles. The molecule has 0 radical (unpaired) electrons. The van der Waals surface area contributed by atoms with E-state index in [1.165, 1.54) is 74.0 Å². The minimum Gasteiger partial charge on any atom is -0.342 e. The van der Waals surface area contributed by atoms with Crippen LogP contribution in [0.1, 0.15) is 65.2 Å². The van der Waals surface area contributed by atoms with Gasteiger partial charge >= 0.3 is 0 Å². The largest absolute Gasteiger partial charge is 0.342 e. The molecule has 2 heterocycles. The van der Waals surface area contributed by atoms with Crippen molar-refractivity contribution in [3.05, 3.63) is 53.4 Å². The van der Waals surface area contributed by atoms with Crippen molar-refractivity contribution in [1.82, 2.24) is 4.90 Å². The normalized spacial score (nSPS) is 32.8. The van der Waals surface area contributed by atoms with Crippen LogP contribution in [0.4, 0.5) is 5.69 Å². The zero-order valence-corrected chi connectivity index (χ0v) is 16.2. The summed E-state index contributed by atoms with van der Waals surface area (Å²) in [6, 6.07) is 8.24. The fraction of sp³-hybridized carbons (Fsp3) is 0.583. The summed E-state index contributed by atoms with van der Waals surface area (Å²) in [5.41, 5.74) is 5.31. The Balaban J connectivity index is 1.62. The van der Waals surface area contributed by atoms with Crippen molar-refractivity contribution in [1.29, 1.82) is 0 Å². The third kappa shape index (κ3) is 2.45. The molecule has 0 aromatic heterocycles. The van der Waals surface area contributed by atoms with Gasteiger partial charge in [0.25, 0.3) is 0 Å². The second-order valence-corrected chi connectivity index (χ2v) is 8.69. The number of fused-ring (bicyclic) bond motifs is 1. The predicted molar refractivity (Wildman–Crippen MR) is 109 cm³/mol. The topological polar surface area (TPSA) is 6.48 Å². The van der Waals surface area contributed by atoms with Crippen LogP contribution in [-0.2, 0) is 0 Å². The van der Waals surface area contributed by atoms with Gasteiger partial charge in [-0.2, -0.15) is 0 Å². The average molecular weight is 350 g/mol. The molecule has 2 nitrogen and oxygen atoms in total. The maximum Gasteiger partial charge on any atom is 0.109 e. The maximum atomic E-state index is 9.57. The van der Waals surface area contributed by atoms with Crippen molar-refractivity contribution in [2.24, 2.45) is 11.8 Å². The van der Waals surface area contributed by atoms with Crippen molar-refractivity contribution in [3.8, 4) is 0 Å². The van der Waals surface area contributed by atoms with E-state index in [1.54, 1.807) is 0 Å². The minimum atomic E-state index is -0.558. The Morgan fingerprint density at radius 2 is 1.58 bits per heavy atom. The number of hydrogen-bond acceptors (Lipinski definition) is 2. The van der Waals surface area contributed by atoms with Crippen LogP contribution >= 0.6 is 0 Å². The molecule has 2 aliphatic carbocycles.